The van der Waals surface area contributed by atoms with Crippen LogP contribution in [0.2, 0.25) is 0 Å². The topological polar surface area (TPSA) is 91.7 Å². The molecule has 0 bridgehead atoms. The number of morpholine rings is 1. The van der Waals surface area contributed by atoms with Gasteiger partial charge in [-0.1, -0.05) is 19.1 Å². The maximum Gasteiger partial charge on any atom is 0.239 e. The smallest absolute Gasteiger partial charge is 0.239 e. The molecule has 1 saturated heterocycles. The summed E-state index contributed by atoms with van der Waals surface area (Å²) in [7, 11) is 2.00. The lowest BCUT2D eigenvalue weighted by atomic mass is 10.3. The van der Waals surface area contributed by atoms with E-state index in [1.54, 1.807) is 0 Å². The number of imidazole rings is 3. The fraction of sp³-hybridized carbons (Fsp3) is 0.400. The highest BCUT2D eigenvalue weighted by atomic mass is 16.5. The summed E-state index contributed by atoms with van der Waals surface area (Å²) in [6, 6.07) is 8.39. The highest BCUT2D eigenvalue weighted by Crippen LogP contribution is 2.31. The molecule has 4 aromatic heterocycles. The van der Waals surface area contributed by atoms with Crippen LogP contribution in [-0.2, 0) is 18.2 Å². The maximum absolute atomic E-state index is 5.62. The molecule has 0 unspecified atom stereocenters. The third kappa shape index (κ3) is 3.47. The first-order valence-electron chi connectivity index (χ1n) is 12.1. The van der Waals surface area contributed by atoms with E-state index in [9.17, 15) is 0 Å². The Morgan fingerprint density at radius 2 is 1.80 bits per heavy atom. The highest BCUT2D eigenvalue weighted by molar-refractivity contribution is 5.88. The van der Waals surface area contributed by atoms with Crippen LogP contribution in [0.25, 0.3) is 39.8 Å². The number of nitrogens with zero attached hydrogens (tertiary/aromatic N) is 9. The maximum atomic E-state index is 5.62. The van der Waals surface area contributed by atoms with Crippen molar-refractivity contribution in [3.63, 3.8) is 0 Å². The molecule has 0 N–H and O–H groups in total. The third-order valence-corrected chi connectivity index (χ3v) is 6.57. The molecule has 180 valence electrons. The van der Waals surface area contributed by atoms with Gasteiger partial charge in [-0.25, -0.2) is 15.0 Å². The van der Waals surface area contributed by atoms with E-state index in [4.69, 9.17) is 24.7 Å². The summed E-state index contributed by atoms with van der Waals surface area (Å²) in [6.07, 6.45) is 4.58. The Bertz CT molecular complexity index is 1520. The fourth-order valence-corrected chi connectivity index (χ4v) is 4.77. The summed E-state index contributed by atoms with van der Waals surface area (Å²) in [5.41, 5.74) is 3.47. The van der Waals surface area contributed by atoms with E-state index in [1.165, 1.54) is 0 Å². The molecule has 35 heavy (non-hydrogen) atoms. The average Bonchev–Trinajstić information content (AvgIpc) is 3.59. The molecule has 6 rings (SSSR count). The van der Waals surface area contributed by atoms with E-state index in [2.05, 4.69) is 45.9 Å². The number of rotatable bonds is 5. The number of anilines is 1. The van der Waals surface area contributed by atoms with Crippen LogP contribution in [0, 0.1) is 0 Å². The van der Waals surface area contributed by atoms with E-state index in [1.807, 2.05) is 42.2 Å². The fourth-order valence-electron chi connectivity index (χ4n) is 4.77. The van der Waals surface area contributed by atoms with Crippen molar-refractivity contribution in [3.8, 4) is 17.6 Å². The van der Waals surface area contributed by atoms with Gasteiger partial charge in [0, 0.05) is 45.0 Å². The molecule has 5 aromatic rings. The molecule has 10 heteroatoms. The van der Waals surface area contributed by atoms with Gasteiger partial charge in [-0.2, -0.15) is 9.97 Å². The number of benzene rings is 1. The Labute approximate surface area is 203 Å². The second-order valence-corrected chi connectivity index (χ2v) is 9.07. The molecule has 1 aliphatic rings. The minimum Gasteiger partial charge on any atom is -0.378 e. The van der Waals surface area contributed by atoms with Crippen molar-refractivity contribution in [2.45, 2.75) is 33.2 Å². The lowest BCUT2D eigenvalue weighted by Gasteiger charge is -2.28. The molecule has 1 aliphatic heterocycles. The number of hydrogen-bond donors (Lipinski definition) is 0. The second-order valence-electron chi connectivity index (χ2n) is 9.07. The normalized spacial score (nSPS) is 14.6. The van der Waals surface area contributed by atoms with Gasteiger partial charge in [0.15, 0.2) is 28.6 Å². The van der Waals surface area contributed by atoms with Crippen molar-refractivity contribution in [1.29, 1.82) is 0 Å². The monoisotopic (exact) mass is 471 g/mol. The molecule has 0 aliphatic carbocycles. The summed E-state index contributed by atoms with van der Waals surface area (Å²) in [5.74, 6) is 3.93. The minimum absolute atomic E-state index is 0.261. The van der Waals surface area contributed by atoms with Crippen LogP contribution in [0.15, 0.2) is 36.7 Å². The predicted molar refractivity (Wildman–Crippen MR) is 135 cm³/mol. The van der Waals surface area contributed by atoms with Crippen molar-refractivity contribution in [2.75, 3.05) is 31.2 Å². The van der Waals surface area contributed by atoms with Gasteiger partial charge < -0.3 is 18.8 Å². The Morgan fingerprint density at radius 3 is 2.57 bits per heavy atom. The third-order valence-electron chi connectivity index (χ3n) is 6.57. The minimum atomic E-state index is 0.261. The summed E-state index contributed by atoms with van der Waals surface area (Å²) in [6.45, 7) is 9.21. The Morgan fingerprint density at radius 1 is 1.00 bits per heavy atom. The van der Waals surface area contributed by atoms with Crippen molar-refractivity contribution in [1.82, 2.24) is 38.6 Å². The van der Waals surface area contributed by atoms with Crippen LogP contribution < -0.4 is 4.90 Å². The Balaban J connectivity index is 1.63. The molecule has 0 amide bonds. The molecular weight excluding hydrogens is 442 g/mol. The largest absolute Gasteiger partial charge is 0.378 e. The zero-order chi connectivity index (χ0) is 24.1. The van der Waals surface area contributed by atoms with E-state index < -0.39 is 0 Å². The van der Waals surface area contributed by atoms with Crippen LogP contribution in [0.5, 0.6) is 0 Å². The van der Waals surface area contributed by atoms with Crippen LogP contribution in [0.3, 0.4) is 0 Å². The van der Waals surface area contributed by atoms with Gasteiger partial charge in [0.25, 0.3) is 0 Å². The zero-order valence-electron chi connectivity index (χ0n) is 20.5. The summed E-state index contributed by atoms with van der Waals surface area (Å²) < 4.78 is 11.8. The van der Waals surface area contributed by atoms with E-state index in [-0.39, 0.29) is 6.04 Å². The number of aryl methyl sites for hydroxylation is 2. The lowest BCUT2D eigenvalue weighted by molar-refractivity contribution is 0.122. The van der Waals surface area contributed by atoms with Gasteiger partial charge in [0.1, 0.15) is 5.82 Å². The van der Waals surface area contributed by atoms with Gasteiger partial charge in [-0.05, 0) is 26.0 Å². The van der Waals surface area contributed by atoms with Crippen molar-refractivity contribution < 1.29 is 4.74 Å². The molecule has 0 radical (unpaired) electrons. The summed E-state index contributed by atoms with van der Waals surface area (Å²) in [4.78, 5) is 26.9. The molecule has 0 spiro atoms. The van der Waals surface area contributed by atoms with Gasteiger partial charge in [-0.15, -0.1) is 0 Å². The molecule has 1 fully saturated rings. The van der Waals surface area contributed by atoms with Crippen LogP contribution in [0.1, 0.15) is 32.6 Å². The molecular formula is C25H29N9O. The molecule has 5 heterocycles. The summed E-state index contributed by atoms with van der Waals surface area (Å²) >= 11 is 0. The predicted octanol–water partition coefficient (Wildman–Crippen LogP) is 3.55. The van der Waals surface area contributed by atoms with Crippen LogP contribution in [0.4, 0.5) is 5.82 Å². The van der Waals surface area contributed by atoms with Crippen molar-refractivity contribution >= 4 is 28.0 Å². The number of ether oxygens (including phenoxy) is 1. The first-order valence-corrected chi connectivity index (χ1v) is 12.1. The Kier molecular flexibility index (Phi) is 5.25. The first-order chi connectivity index (χ1) is 17.1. The number of aromatic nitrogens is 8. The molecule has 0 atom stereocenters. The van der Waals surface area contributed by atoms with Gasteiger partial charge in [0.2, 0.25) is 5.95 Å². The van der Waals surface area contributed by atoms with Gasteiger partial charge in [-0.3, -0.25) is 4.57 Å². The SMILES string of the molecule is CCc1nc2ccccc2n1-c1nc(N2CCOCC2)c2nc(-c3nccn3C(C)C)n(C)c2n1. The number of para-hydroxylation sites is 2. The second kappa shape index (κ2) is 8.46. The van der Waals surface area contributed by atoms with Crippen molar-refractivity contribution in [3.05, 3.63) is 42.5 Å². The first kappa shape index (κ1) is 21.7. The quantitative estimate of drug-likeness (QED) is 0.387. The van der Waals surface area contributed by atoms with Crippen LogP contribution in [-0.4, -0.2) is 64.9 Å². The number of fused-ring (bicyclic) bond motifs is 2. The van der Waals surface area contributed by atoms with Crippen LogP contribution >= 0.6 is 0 Å². The number of hydrogen-bond acceptors (Lipinski definition) is 7. The van der Waals surface area contributed by atoms with Crippen molar-refractivity contribution in [2.24, 2.45) is 7.05 Å². The average molecular weight is 472 g/mol. The Hall–Kier alpha value is -3.79. The van der Waals surface area contributed by atoms with Gasteiger partial charge in [0.05, 0.1) is 24.2 Å². The van der Waals surface area contributed by atoms with Gasteiger partial charge >= 0.3 is 0 Å². The molecule has 10 nitrogen and oxygen atoms in total. The zero-order valence-corrected chi connectivity index (χ0v) is 20.5. The highest BCUT2D eigenvalue weighted by Gasteiger charge is 2.26. The van der Waals surface area contributed by atoms with E-state index >= 15 is 0 Å². The van der Waals surface area contributed by atoms with E-state index in [0.717, 1.165) is 65.0 Å². The van der Waals surface area contributed by atoms with E-state index in [0.29, 0.717) is 19.2 Å². The standard InChI is InChI=1S/C25H29N9O/c1-5-19-27-17-8-6-7-9-18(17)34(19)25-29-21-20(22(30-25)32-12-14-35-15-13-32)28-24(31(21)4)23-26-10-11-33(23)16(2)3/h6-11,16H,5,12-15H2,1-4H3. The molecule has 0 saturated carbocycles. The summed E-state index contributed by atoms with van der Waals surface area (Å²) in [5, 5.41) is 0. The lowest BCUT2D eigenvalue weighted by Crippen LogP contribution is -2.37. The molecule has 1 aromatic carbocycles.